The molecule has 6 heteroatoms. The SMILES string of the molecule is C=Nc1ccc(N)c(P(C)(C)=O)c1C(=O)N(C)C. The zero-order chi connectivity index (χ0) is 14.1. The Balaban J connectivity index is 3.73. The van der Waals surface area contributed by atoms with Gasteiger partial charge in [0.25, 0.3) is 5.91 Å². The molecule has 5 nitrogen and oxygen atoms in total. The molecule has 0 atom stereocenters. The molecule has 2 N–H and O–H groups in total. The molecule has 0 unspecified atom stereocenters. The number of amides is 1. The van der Waals surface area contributed by atoms with E-state index >= 15 is 0 Å². The highest BCUT2D eigenvalue weighted by atomic mass is 31.2. The van der Waals surface area contributed by atoms with Gasteiger partial charge in [-0.2, -0.15) is 0 Å². The van der Waals surface area contributed by atoms with Crippen LogP contribution in [0.15, 0.2) is 17.1 Å². The molecular formula is C12H18N3O2P. The van der Waals surface area contributed by atoms with Crippen molar-refractivity contribution in [2.24, 2.45) is 4.99 Å². The molecule has 1 amide bonds. The number of carbonyl (C=O) groups is 1. The number of hydrogen-bond donors (Lipinski definition) is 1. The Labute approximate surface area is 107 Å². The monoisotopic (exact) mass is 267 g/mol. The smallest absolute Gasteiger partial charge is 0.256 e. The average molecular weight is 267 g/mol. The van der Waals surface area contributed by atoms with Gasteiger partial charge in [0.2, 0.25) is 0 Å². The minimum atomic E-state index is -2.69. The Kier molecular flexibility index (Phi) is 3.97. The van der Waals surface area contributed by atoms with Gasteiger partial charge < -0.3 is 15.2 Å². The molecule has 0 saturated carbocycles. The van der Waals surface area contributed by atoms with Crippen LogP contribution in [0.5, 0.6) is 0 Å². The van der Waals surface area contributed by atoms with E-state index in [0.717, 1.165) is 0 Å². The summed E-state index contributed by atoms with van der Waals surface area (Å²) >= 11 is 0. The molecular weight excluding hydrogens is 249 g/mol. The maximum absolute atomic E-state index is 12.3. The molecule has 0 fully saturated rings. The fourth-order valence-corrected chi connectivity index (χ4v) is 3.19. The van der Waals surface area contributed by atoms with E-state index in [1.54, 1.807) is 39.6 Å². The lowest BCUT2D eigenvalue weighted by Crippen LogP contribution is -2.29. The Morgan fingerprint density at radius 3 is 2.33 bits per heavy atom. The number of benzene rings is 1. The summed E-state index contributed by atoms with van der Waals surface area (Å²) in [6.45, 7) is 6.60. The zero-order valence-electron chi connectivity index (χ0n) is 11.1. The Morgan fingerprint density at radius 2 is 1.94 bits per heavy atom. The van der Waals surface area contributed by atoms with E-state index in [1.165, 1.54) is 4.90 Å². The van der Waals surface area contributed by atoms with Crippen LogP contribution < -0.4 is 11.0 Å². The number of carbonyl (C=O) groups excluding carboxylic acids is 1. The maximum atomic E-state index is 12.3. The van der Waals surface area contributed by atoms with Crippen LogP contribution in [0.3, 0.4) is 0 Å². The highest BCUT2D eigenvalue weighted by Gasteiger charge is 2.27. The molecule has 1 rings (SSSR count). The van der Waals surface area contributed by atoms with E-state index in [0.29, 0.717) is 16.7 Å². The Morgan fingerprint density at radius 1 is 1.39 bits per heavy atom. The fraction of sp³-hybridized carbons (Fsp3) is 0.333. The van der Waals surface area contributed by atoms with Gasteiger partial charge in [0.05, 0.1) is 11.3 Å². The molecule has 0 aliphatic rings. The fourth-order valence-electron chi connectivity index (χ4n) is 1.74. The van der Waals surface area contributed by atoms with Gasteiger partial charge in [-0.25, -0.2) is 0 Å². The van der Waals surface area contributed by atoms with Gasteiger partial charge in [-0.3, -0.25) is 9.79 Å². The van der Waals surface area contributed by atoms with Crippen LogP contribution in [0.1, 0.15) is 10.4 Å². The first-order valence-corrected chi connectivity index (χ1v) is 7.96. The van der Waals surface area contributed by atoms with Gasteiger partial charge in [0.15, 0.2) is 0 Å². The lowest BCUT2D eigenvalue weighted by molar-refractivity contribution is 0.0829. The lowest BCUT2D eigenvalue weighted by atomic mass is 10.1. The predicted molar refractivity (Wildman–Crippen MR) is 77.2 cm³/mol. The third kappa shape index (κ3) is 2.62. The van der Waals surface area contributed by atoms with E-state index in [9.17, 15) is 9.36 Å². The van der Waals surface area contributed by atoms with Gasteiger partial charge in [0, 0.05) is 25.1 Å². The van der Waals surface area contributed by atoms with Crippen molar-refractivity contribution in [2.75, 3.05) is 33.2 Å². The van der Waals surface area contributed by atoms with E-state index in [-0.39, 0.29) is 11.5 Å². The third-order valence-corrected chi connectivity index (χ3v) is 4.07. The normalized spacial score (nSPS) is 11.1. The van der Waals surface area contributed by atoms with Crippen molar-refractivity contribution < 1.29 is 9.36 Å². The summed E-state index contributed by atoms with van der Waals surface area (Å²) in [4.78, 5) is 17.4. The number of anilines is 1. The summed E-state index contributed by atoms with van der Waals surface area (Å²) < 4.78 is 12.3. The number of nitrogens with two attached hydrogens (primary N) is 1. The second-order valence-corrected chi connectivity index (χ2v) is 7.76. The van der Waals surface area contributed by atoms with Crippen molar-refractivity contribution >= 4 is 36.4 Å². The van der Waals surface area contributed by atoms with Crippen LogP contribution in [0.25, 0.3) is 0 Å². The Hall–Kier alpha value is -1.61. The molecule has 0 aromatic heterocycles. The molecule has 0 radical (unpaired) electrons. The van der Waals surface area contributed by atoms with E-state index < -0.39 is 7.14 Å². The highest BCUT2D eigenvalue weighted by Crippen LogP contribution is 2.41. The van der Waals surface area contributed by atoms with Crippen LogP contribution >= 0.6 is 7.14 Å². The number of rotatable bonds is 3. The molecule has 0 aliphatic carbocycles. The molecule has 0 heterocycles. The molecule has 98 valence electrons. The molecule has 0 bridgehead atoms. The standard InChI is InChI=1S/C12H18N3O2P/c1-14-9-7-6-8(13)11(18(4,5)17)10(9)12(16)15(2)3/h6-7H,1,13H2,2-5H3. The quantitative estimate of drug-likeness (QED) is 0.513. The van der Waals surface area contributed by atoms with Crippen molar-refractivity contribution in [3.05, 3.63) is 17.7 Å². The van der Waals surface area contributed by atoms with Crippen molar-refractivity contribution in [3.8, 4) is 0 Å². The molecule has 0 saturated heterocycles. The van der Waals surface area contributed by atoms with Crippen molar-refractivity contribution in [2.45, 2.75) is 0 Å². The van der Waals surface area contributed by atoms with Crippen LogP contribution in [0, 0.1) is 0 Å². The van der Waals surface area contributed by atoms with E-state index in [4.69, 9.17) is 5.73 Å². The number of nitrogens with zero attached hydrogens (tertiary/aromatic N) is 2. The zero-order valence-corrected chi connectivity index (χ0v) is 12.0. The van der Waals surface area contributed by atoms with Crippen LogP contribution in [-0.2, 0) is 4.57 Å². The lowest BCUT2D eigenvalue weighted by Gasteiger charge is -2.20. The number of aliphatic imine (C=N–C) groups is 1. The molecule has 18 heavy (non-hydrogen) atoms. The van der Waals surface area contributed by atoms with Gasteiger partial charge in [-0.15, -0.1) is 0 Å². The number of nitrogen functional groups attached to an aromatic ring is 1. The summed E-state index contributed by atoms with van der Waals surface area (Å²) in [6.07, 6.45) is 0. The van der Waals surface area contributed by atoms with Crippen molar-refractivity contribution in [3.63, 3.8) is 0 Å². The second kappa shape index (κ2) is 4.94. The van der Waals surface area contributed by atoms with Gasteiger partial charge in [0.1, 0.15) is 7.14 Å². The summed E-state index contributed by atoms with van der Waals surface area (Å²) in [6, 6.07) is 3.21. The minimum Gasteiger partial charge on any atom is -0.398 e. The maximum Gasteiger partial charge on any atom is 0.256 e. The van der Waals surface area contributed by atoms with Gasteiger partial charge in [-0.1, -0.05) is 0 Å². The van der Waals surface area contributed by atoms with Crippen LogP contribution in [0.2, 0.25) is 0 Å². The van der Waals surface area contributed by atoms with Gasteiger partial charge in [-0.05, 0) is 32.2 Å². The summed E-state index contributed by atoms with van der Waals surface area (Å²) in [7, 11) is 0.560. The molecule has 0 spiro atoms. The topological polar surface area (TPSA) is 75.8 Å². The first-order chi connectivity index (χ1) is 8.20. The van der Waals surface area contributed by atoms with Gasteiger partial charge >= 0.3 is 0 Å². The summed E-state index contributed by atoms with van der Waals surface area (Å²) in [5, 5.41) is 0.381. The first kappa shape index (κ1) is 14.5. The first-order valence-electron chi connectivity index (χ1n) is 5.36. The number of hydrogen-bond acceptors (Lipinski definition) is 4. The highest BCUT2D eigenvalue weighted by molar-refractivity contribution is 7.70. The molecule has 0 aliphatic heterocycles. The largest absolute Gasteiger partial charge is 0.398 e. The summed E-state index contributed by atoms with van der Waals surface area (Å²) in [5.41, 5.74) is 6.90. The second-order valence-electron chi connectivity index (χ2n) is 4.61. The minimum absolute atomic E-state index is 0.274. The van der Waals surface area contributed by atoms with Crippen molar-refractivity contribution in [1.29, 1.82) is 0 Å². The van der Waals surface area contributed by atoms with Crippen molar-refractivity contribution in [1.82, 2.24) is 4.90 Å². The van der Waals surface area contributed by atoms with E-state index in [2.05, 4.69) is 11.7 Å². The average Bonchev–Trinajstić information content (AvgIpc) is 2.25. The third-order valence-electron chi connectivity index (χ3n) is 2.52. The van der Waals surface area contributed by atoms with E-state index in [1.807, 2.05) is 0 Å². The molecule has 1 aromatic carbocycles. The van der Waals surface area contributed by atoms with Crippen LogP contribution in [-0.4, -0.2) is 44.9 Å². The molecule has 1 aromatic rings. The predicted octanol–water partition coefficient (Wildman–Crippen LogP) is 1.55. The Bertz CT molecular complexity index is 546. The summed E-state index contributed by atoms with van der Waals surface area (Å²) in [5.74, 6) is -0.274. The van der Waals surface area contributed by atoms with Crippen LogP contribution in [0.4, 0.5) is 11.4 Å².